The molecule has 1 aromatic carbocycles. The van der Waals surface area contributed by atoms with Crippen molar-refractivity contribution >= 4 is 11.6 Å². The average Bonchev–Trinajstić information content (AvgIpc) is 2.87. The van der Waals surface area contributed by atoms with Gasteiger partial charge in [-0.2, -0.15) is 5.10 Å². The van der Waals surface area contributed by atoms with Crippen molar-refractivity contribution in [1.29, 1.82) is 0 Å². The molecule has 0 saturated heterocycles. The Balaban J connectivity index is 2.08. The van der Waals surface area contributed by atoms with Crippen LogP contribution in [0, 0.1) is 0 Å². The Labute approximate surface area is 117 Å². The Hall–Kier alpha value is -2.34. The third-order valence-electron chi connectivity index (χ3n) is 2.97. The highest BCUT2D eigenvalue weighted by Gasteiger charge is 2.20. The van der Waals surface area contributed by atoms with Gasteiger partial charge in [-0.05, 0) is 31.3 Å². The Morgan fingerprint density at radius 2 is 2.05 bits per heavy atom. The number of methoxy groups -OCH3 is 1. The number of anilines is 1. The molecule has 0 saturated carbocycles. The molecule has 1 heterocycles. The lowest BCUT2D eigenvalue weighted by Crippen LogP contribution is -2.30. The first kappa shape index (κ1) is 14.1. The van der Waals surface area contributed by atoms with E-state index in [0.29, 0.717) is 0 Å². The van der Waals surface area contributed by atoms with Crippen LogP contribution in [0.15, 0.2) is 36.7 Å². The molecule has 20 heavy (non-hydrogen) atoms. The quantitative estimate of drug-likeness (QED) is 0.863. The van der Waals surface area contributed by atoms with Crippen LogP contribution in [0.25, 0.3) is 0 Å². The fraction of sp³-hybridized carbons (Fsp3) is 0.286. The number of hydrogen-bond donors (Lipinski definition) is 2. The van der Waals surface area contributed by atoms with Crippen LogP contribution < -0.4 is 15.4 Å². The fourth-order valence-electron chi connectivity index (χ4n) is 1.93. The minimum absolute atomic E-state index is 0.134. The number of carbonyl (C=O) groups is 1. The first-order valence-corrected chi connectivity index (χ1v) is 6.24. The molecule has 0 aliphatic heterocycles. The van der Waals surface area contributed by atoms with Crippen LogP contribution in [0.4, 0.5) is 5.69 Å². The van der Waals surface area contributed by atoms with Crippen LogP contribution in [0.3, 0.4) is 0 Å². The average molecular weight is 274 g/mol. The zero-order valence-corrected chi connectivity index (χ0v) is 11.8. The van der Waals surface area contributed by atoms with Crippen LogP contribution in [0.2, 0.25) is 0 Å². The summed E-state index contributed by atoms with van der Waals surface area (Å²) in [6.07, 6.45) is 3.49. The van der Waals surface area contributed by atoms with Gasteiger partial charge in [-0.15, -0.1) is 0 Å². The SMILES string of the molecule is CNC(C(=O)Nc1ccc(OC)cc1)c1cnn(C)c1. The first-order valence-electron chi connectivity index (χ1n) is 6.24. The highest BCUT2D eigenvalue weighted by atomic mass is 16.5. The van der Waals surface area contributed by atoms with Gasteiger partial charge in [0.25, 0.3) is 0 Å². The molecule has 0 aliphatic rings. The van der Waals surface area contributed by atoms with E-state index in [4.69, 9.17) is 4.74 Å². The fourth-order valence-corrected chi connectivity index (χ4v) is 1.93. The maximum absolute atomic E-state index is 12.3. The van der Waals surface area contributed by atoms with Crippen LogP contribution in [0.1, 0.15) is 11.6 Å². The number of likely N-dealkylation sites (N-methyl/N-ethyl adjacent to an activating group) is 1. The number of carbonyl (C=O) groups excluding carboxylic acids is 1. The van der Waals surface area contributed by atoms with Crippen molar-refractivity contribution in [2.75, 3.05) is 19.5 Å². The summed E-state index contributed by atoms with van der Waals surface area (Å²) in [5.41, 5.74) is 1.54. The molecule has 0 fully saturated rings. The third-order valence-corrected chi connectivity index (χ3v) is 2.97. The van der Waals surface area contributed by atoms with E-state index < -0.39 is 6.04 Å². The molecule has 1 unspecified atom stereocenters. The Kier molecular flexibility index (Phi) is 4.37. The van der Waals surface area contributed by atoms with E-state index in [2.05, 4.69) is 15.7 Å². The van der Waals surface area contributed by atoms with Crippen LogP contribution in [-0.4, -0.2) is 29.8 Å². The van der Waals surface area contributed by atoms with E-state index in [1.54, 1.807) is 49.3 Å². The van der Waals surface area contributed by atoms with E-state index in [-0.39, 0.29) is 5.91 Å². The second-order valence-electron chi connectivity index (χ2n) is 4.39. The van der Waals surface area contributed by atoms with Gasteiger partial charge in [-0.25, -0.2) is 0 Å². The summed E-state index contributed by atoms with van der Waals surface area (Å²) in [5, 5.41) is 9.92. The maximum atomic E-state index is 12.3. The lowest BCUT2D eigenvalue weighted by atomic mass is 10.1. The Morgan fingerprint density at radius 1 is 1.35 bits per heavy atom. The molecule has 0 bridgehead atoms. The number of amides is 1. The normalized spacial score (nSPS) is 11.9. The second kappa shape index (κ2) is 6.21. The molecule has 1 aromatic heterocycles. The second-order valence-corrected chi connectivity index (χ2v) is 4.39. The van der Waals surface area contributed by atoms with Gasteiger partial charge in [-0.1, -0.05) is 0 Å². The highest BCUT2D eigenvalue weighted by molar-refractivity contribution is 5.95. The highest BCUT2D eigenvalue weighted by Crippen LogP contribution is 2.18. The van der Waals surface area contributed by atoms with Crippen molar-refractivity contribution in [2.24, 2.45) is 7.05 Å². The molecule has 0 spiro atoms. The number of benzene rings is 1. The van der Waals surface area contributed by atoms with Gasteiger partial charge < -0.3 is 15.4 Å². The molecule has 1 atom stereocenters. The van der Waals surface area contributed by atoms with Gasteiger partial charge >= 0.3 is 0 Å². The van der Waals surface area contributed by atoms with Crippen molar-refractivity contribution in [2.45, 2.75) is 6.04 Å². The summed E-state index contributed by atoms with van der Waals surface area (Å²) >= 11 is 0. The molecule has 106 valence electrons. The van der Waals surface area contributed by atoms with E-state index in [0.717, 1.165) is 17.0 Å². The van der Waals surface area contributed by atoms with Crippen LogP contribution in [0.5, 0.6) is 5.75 Å². The summed E-state index contributed by atoms with van der Waals surface area (Å²) in [6, 6.07) is 6.76. The molecular weight excluding hydrogens is 256 g/mol. The van der Waals surface area contributed by atoms with Crippen molar-refractivity contribution < 1.29 is 9.53 Å². The van der Waals surface area contributed by atoms with Crippen molar-refractivity contribution in [1.82, 2.24) is 15.1 Å². The zero-order valence-electron chi connectivity index (χ0n) is 11.8. The van der Waals surface area contributed by atoms with Gasteiger partial charge in [-0.3, -0.25) is 9.48 Å². The largest absolute Gasteiger partial charge is 0.497 e. The van der Waals surface area contributed by atoms with Gasteiger partial charge in [0.05, 0.1) is 13.3 Å². The predicted octanol–water partition coefficient (Wildman–Crippen LogP) is 1.33. The van der Waals surface area contributed by atoms with Gasteiger partial charge in [0, 0.05) is 24.5 Å². The lowest BCUT2D eigenvalue weighted by molar-refractivity contribution is -0.118. The van der Waals surface area contributed by atoms with E-state index in [1.807, 2.05) is 13.2 Å². The number of aromatic nitrogens is 2. The number of aryl methyl sites for hydroxylation is 1. The first-order chi connectivity index (χ1) is 9.63. The van der Waals surface area contributed by atoms with E-state index in [9.17, 15) is 4.79 Å². The molecule has 6 heteroatoms. The number of ether oxygens (including phenoxy) is 1. The maximum Gasteiger partial charge on any atom is 0.246 e. The van der Waals surface area contributed by atoms with Crippen molar-refractivity contribution in [3.8, 4) is 5.75 Å². The number of nitrogens with one attached hydrogen (secondary N) is 2. The monoisotopic (exact) mass is 274 g/mol. The van der Waals surface area contributed by atoms with Crippen LogP contribution in [-0.2, 0) is 11.8 Å². The summed E-state index contributed by atoms with van der Waals surface area (Å²) in [5.74, 6) is 0.617. The Bertz CT molecular complexity index is 577. The number of rotatable bonds is 5. The van der Waals surface area contributed by atoms with Gasteiger partial charge in [0.2, 0.25) is 5.91 Å². The summed E-state index contributed by atoms with van der Waals surface area (Å²) in [7, 11) is 5.16. The van der Waals surface area contributed by atoms with Crippen molar-refractivity contribution in [3.05, 3.63) is 42.2 Å². The van der Waals surface area contributed by atoms with Gasteiger partial charge in [0.15, 0.2) is 0 Å². The lowest BCUT2D eigenvalue weighted by Gasteiger charge is -2.14. The number of nitrogens with zero attached hydrogens (tertiary/aromatic N) is 2. The molecule has 1 amide bonds. The summed E-state index contributed by atoms with van der Waals surface area (Å²) in [4.78, 5) is 12.3. The van der Waals surface area contributed by atoms with E-state index in [1.165, 1.54) is 0 Å². The molecule has 0 radical (unpaired) electrons. The standard InChI is InChI=1S/C14H18N4O2/c1-15-13(10-8-16-18(2)9-10)14(19)17-11-4-6-12(20-3)7-5-11/h4-9,13,15H,1-3H3,(H,17,19). The third kappa shape index (κ3) is 3.16. The molecule has 0 aliphatic carbocycles. The molecule has 2 rings (SSSR count). The summed E-state index contributed by atoms with van der Waals surface area (Å²) in [6.45, 7) is 0. The predicted molar refractivity (Wildman–Crippen MR) is 76.6 cm³/mol. The molecule has 6 nitrogen and oxygen atoms in total. The molecular formula is C14H18N4O2. The summed E-state index contributed by atoms with van der Waals surface area (Å²) < 4.78 is 6.75. The van der Waals surface area contributed by atoms with E-state index >= 15 is 0 Å². The molecule has 2 aromatic rings. The number of hydrogen-bond acceptors (Lipinski definition) is 4. The molecule has 2 N–H and O–H groups in total. The minimum Gasteiger partial charge on any atom is -0.497 e. The van der Waals surface area contributed by atoms with Crippen molar-refractivity contribution in [3.63, 3.8) is 0 Å². The zero-order chi connectivity index (χ0) is 14.5. The van der Waals surface area contributed by atoms with Gasteiger partial charge in [0.1, 0.15) is 11.8 Å². The smallest absolute Gasteiger partial charge is 0.246 e. The van der Waals surface area contributed by atoms with Crippen LogP contribution >= 0.6 is 0 Å². The minimum atomic E-state index is -0.439. The Morgan fingerprint density at radius 3 is 2.55 bits per heavy atom. The topological polar surface area (TPSA) is 68.2 Å².